The van der Waals surface area contributed by atoms with Gasteiger partial charge in [0.2, 0.25) is 11.8 Å². The van der Waals surface area contributed by atoms with E-state index < -0.39 is 0 Å². The maximum Gasteiger partial charge on any atom is 0.277 e. The quantitative estimate of drug-likeness (QED) is 0.814. The van der Waals surface area contributed by atoms with Gasteiger partial charge in [0.15, 0.2) is 0 Å². The van der Waals surface area contributed by atoms with E-state index in [2.05, 4.69) is 15.5 Å². The van der Waals surface area contributed by atoms with Gasteiger partial charge in [-0.15, -0.1) is 10.2 Å². The third kappa shape index (κ3) is 4.82. The first kappa shape index (κ1) is 17.5. The Labute approximate surface area is 141 Å². The molecule has 0 radical (unpaired) electrons. The Bertz CT molecular complexity index is 665. The lowest BCUT2D eigenvalue weighted by Gasteiger charge is -2.25. The van der Waals surface area contributed by atoms with Gasteiger partial charge >= 0.3 is 0 Å². The number of nitrogens with one attached hydrogen (secondary N) is 1. The van der Waals surface area contributed by atoms with E-state index in [0.29, 0.717) is 11.1 Å². The van der Waals surface area contributed by atoms with Crippen molar-refractivity contribution in [2.45, 2.75) is 57.1 Å². The van der Waals surface area contributed by atoms with Gasteiger partial charge in [0.25, 0.3) is 5.22 Å². The number of nitrogens with zero attached hydrogens (tertiary/aromatic N) is 2. The summed E-state index contributed by atoms with van der Waals surface area (Å²) in [4.78, 5) is 12.2. The Kier molecular flexibility index (Phi) is 5.46. The second-order valence-corrected chi connectivity index (χ2v) is 7.52. The van der Waals surface area contributed by atoms with Gasteiger partial charge in [-0.3, -0.25) is 4.79 Å². The molecule has 124 valence electrons. The zero-order chi connectivity index (χ0) is 17.0. The number of amides is 1. The summed E-state index contributed by atoms with van der Waals surface area (Å²) in [7, 11) is 0. The molecular weight excluding hydrogens is 310 g/mol. The van der Waals surface area contributed by atoms with E-state index in [4.69, 9.17) is 4.42 Å². The Hall–Kier alpha value is -1.82. The standard InChI is InChI=1S/C17H23N3O2S/c1-6-17(4,5)18-14(21)12(3)23-16-20-19-15(22-16)13-9-7-11(2)8-10-13/h7-10,12H,6H2,1-5H3,(H,18,21). The van der Waals surface area contributed by atoms with Crippen LogP contribution < -0.4 is 5.32 Å². The van der Waals surface area contributed by atoms with Gasteiger partial charge in [0, 0.05) is 11.1 Å². The first-order valence-electron chi connectivity index (χ1n) is 7.70. The van der Waals surface area contributed by atoms with Crippen LogP contribution in [0, 0.1) is 6.92 Å². The smallest absolute Gasteiger partial charge is 0.277 e. The van der Waals surface area contributed by atoms with Crippen LogP contribution in [0.25, 0.3) is 11.5 Å². The maximum absolute atomic E-state index is 12.2. The molecule has 2 rings (SSSR count). The fourth-order valence-corrected chi connectivity index (χ4v) is 2.48. The van der Waals surface area contributed by atoms with E-state index in [1.54, 1.807) is 0 Å². The van der Waals surface area contributed by atoms with Crippen molar-refractivity contribution in [3.63, 3.8) is 0 Å². The maximum atomic E-state index is 12.2. The molecule has 1 amide bonds. The van der Waals surface area contributed by atoms with Crippen LogP contribution in [0.5, 0.6) is 0 Å². The molecule has 23 heavy (non-hydrogen) atoms. The number of hydrogen-bond donors (Lipinski definition) is 1. The molecule has 1 N–H and O–H groups in total. The lowest BCUT2D eigenvalue weighted by atomic mass is 10.0. The first-order chi connectivity index (χ1) is 10.8. The van der Waals surface area contributed by atoms with Crippen molar-refractivity contribution < 1.29 is 9.21 Å². The van der Waals surface area contributed by atoms with Crippen molar-refractivity contribution in [2.24, 2.45) is 0 Å². The van der Waals surface area contributed by atoms with Gasteiger partial charge in [0.1, 0.15) is 0 Å². The predicted molar refractivity (Wildman–Crippen MR) is 92.3 cm³/mol. The number of carbonyl (C=O) groups excluding carboxylic acids is 1. The van der Waals surface area contributed by atoms with Crippen molar-refractivity contribution in [2.75, 3.05) is 0 Å². The number of rotatable bonds is 6. The molecule has 0 aliphatic rings. The molecule has 0 aliphatic carbocycles. The molecule has 5 nitrogen and oxygen atoms in total. The third-order valence-corrected chi connectivity index (χ3v) is 4.63. The van der Waals surface area contributed by atoms with Crippen LogP contribution in [-0.4, -0.2) is 26.9 Å². The van der Waals surface area contributed by atoms with E-state index in [0.717, 1.165) is 12.0 Å². The highest BCUT2D eigenvalue weighted by atomic mass is 32.2. The van der Waals surface area contributed by atoms with E-state index in [1.807, 2.05) is 58.9 Å². The molecule has 1 atom stereocenters. The summed E-state index contributed by atoms with van der Waals surface area (Å²) in [5.41, 5.74) is 1.83. The molecule has 0 spiro atoms. The van der Waals surface area contributed by atoms with Gasteiger partial charge in [-0.2, -0.15) is 0 Å². The zero-order valence-corrected chi connectivity index (χ0v) is 15.0. The minimum atomic E-state index is -0.299. The lowest BCUT2D eigenvalue weighted by Crippen LogP contribution is -2.46. The predicted octanol–water partition coefficient (Wildman–Crippen LogP) is 3.83. The molecule has 6 heteroatoms. The third-order valence-electron chi connectivity index (χ3n) is 3.70. The van der Waals surface area contributed by atoms with E-state index in [1.165, 1.54) is 17.3 Å². The molecule has 0 fully saturated rings. The highest BCUT2D eigenvalue weighted by Crippen LogP contribution is 2.26. The van der Waals surface area contributed by atoms with Crippen LogP contribution in [0.15, 0.2) is 33.9 Å². The average Bonchev–Trinajstić information content (AvgIpc) is 2.96. The Balaban J connectivity index is 2.01. The summed E-state index contributed by atoms with van der Waals surface area (Å²) < 4.78 is 5.65. The Morgan fingerprint density at radius 1 is 1.30 bits per heavy atom. The van der Waals surface area contributed by atoms with Gasteiger partial charge < -0.3 is 9.73 Å². The van der Waals surface area contributed by atoms with Crippen molar-refractivity contribution >= 4 is 17.7 Å². The van der Waals surface area contributed by atoms with Crippen LogP contribution in [0.1, 0.15) is 39.7 Å². The van der Waals surface area contributed by atoms with Gasteiger partial charge in [0.05, 0.1) is 5.25 Å². The number of aromatic nitrogens is 2. The monoisotopic (exact) mass is 333 g/mol. The molecule has 0 bridgehead atoms. The SMILES string of the molecule is CCC(C)(C)NC(=O)C(C)Sc1nnc(-c2ccc(C)cc2)o1. The minimum Gasteiger partial charge on any atom is -0.411 e. The summed E-state index contributed by atoms with van der Waals surface area (Å²) >= 11 is 1.27. The van der Waals surface area contributed by atoms with Crippen molar-refractivity contribution in [3.05, 3.63) is 29.8 Å². The topological polar surface area (TPSA) is 68.0 Å². The molecule has 1 heterocycles. The largest absolute Gasteiger partial charge is 0.411 e. The fraction of sp³-hybridized carbons (Fsp3) is 0.471. The number of thioether (sulfide) groups is 1. The summed E-state index contributed by atoms with van der Waals surface area (Å²) in [6, 6.07) is 7.87. The van der Waals surface area contributed by atoms with Gasteiger partial charge in [-0.1, -0.05) is 36.4 Å². The molecule has 2 aromatic rings. The Morgan fingerprint density at radius 3 is 2.57 bits per heavy atom. The molecule has 0 saturated heterocycles. The second-order valence-electron chi connectivity index (χ2n) is 6.23. The highest BCUT2D eigenvalue weighted by molar-refractivity contribution is 8.00. The highest BCUT2D eigenvalue weighted by Gasteiger charge is 2.24. The van der Waals surface area contributed by atoms with Crippen LogP contribution in [0.2, 0.25) is 0 Å². The number of hydrogen-bond acceptors (Lipinski definition) is 5. The van der Waals surface area contributed by atoms with Crippen LogP contribution in [0.3, 0.4) is 0 Å². The van der Waals surface area contributed by atoms with Gasteiger partial charge in [-0.05, 0) is 46.2 Å². The molecule has 1 aromatic heterocycles. The van der Waals surface area contributed by atoms with Crippen LogP contribution in [-0.2, 0) is 4.79 Å². The van der Waals surface area contributed by atoms with E-state index in [-0.39, 0.29) is 16.7 Å². The zero-order valence-electron chi connectivity index (χ0n) is 14.2. The summed E-state index contributed by atoms with van der Waals surface area (Å²) in [5, 5.41) is 11.2. The second kappa shape index (κ2) is 7.17. The van der Waals surface area contributed by atoms with Crippen molar-refractivity contribution in [3.8, 4) is 11.5 Å². The molecule has 0 saturated carbocycles. The summed E-state index contributed by atoms with van der Waals surface area (Å²) in [6.07, 6.45) is 0.869. The summed E-state index contributed by atoms with van der Waals surface area (Å²) in [6.45, 7) is 9.91. The molecule has 1 unspecified atom stereocenters. The first-order valence-corrected chi connectivity index (χ1v) is 8.58. The molecule has 1 aromatic carbocycles. The van der Waals surface area contributed by atoms with E-state index in [9.17, 15) is 4.79 Å². The Morgan fingerprint density at radius 2 is 1.96 bits per heavy atom. The molecule has 0 aliphatic heterocycles. The lowest BCUT2D eigenvalue weighted by molar-refractivity contribution is -0.121. The number of carbonyl (C=O) groups is 1. The van der Waals surface area contributed by atoms with Crippen LogP contribution in [0.4, 0.5) is 0 Å². The van der Waals surface area contributed by atoms with Crippen molar-refractivity contribution in [1.82, 2.24) is 15.5 Å². The number of benzene rings is 1. The molecular formula is C17H23N3O2S. The van der Waals surface area contributed by atoms with E-state index >= 15 is 0 Å². The average molecular weight is 333 g/mol. The fourth-order valence-electron chi connectivity index (χ4n) is 1.80. The minimum absolute atomic E-state index is 0.0306. The van der Waals surface area contributed by atoms with Crippen molar-refractivity contribution in [1.29, 1.82) is 0 Å². The number of aryl methyl sites for hydroxylation is 1. The normalized spacial score (nSPS) is 12.9. The summed E-state index contributed by atoms with van der Waals surface area (Å²) in [5.74, 6) is 0.436. The van der Waals surface area contributed by atoms with Gasteiger partial charge in [-0.25, -0.2) is 0 Å². The van der Waals surface area contributed by atoms with Crippen LogP contribution >= 0.6 is 11.8 Å².